The van der Waals surface area contributed by atoms with Gasteiger partial charge in [0.1, 0.15) is 5.51 Å². The number of aromatic nitrogens is 2. The Morgan fingerprint density at radius 1 is 1.77 bits per heavy atom. The normalized spacial score (nSPS) is 24.5. The Bertz CT molecular complexity index is 246. The van der Waals surface area contributed by atoms with Crippen LogP contribution in [0.1, 0.15) is 19.8 Å². The van der Waals surface area contributed by atoms with Gasteiger partial charge < -0.3 is 10.1 Å². The van der Waals surface area contributed by atoms with E-state index in [1.54, 1.807) is 5.51 Å². The van der Waals surface area contributed by atoms with Crippen LogP contribution in [0.15, 0.2) is 5.51 Å². The average Bonchev–Trinajstić information content (AvgIpc) is 2.74. The van der Waals surface area contributed by atoms with Crippen LogP contribution in [0.3, 0.4) is 0 Å². The first kappa shape index (κ1) is 8.90. The van der Waals surface area contributed by atoms with Crippen molar-refractivity contribution >= 4 is 16.5 Å². The molecule has 1 saturated heterocycles. The van der Waals surface area contributed by atoms with Gasteiger partial charge in [-0.1, -0.05) is 11.3 Å². The monoisotopic (exact) mass is 199 g/mol. The van der Waals surface area contributed by atoms with Crippen LogP contribution in [0.2, 0.25) is 0 Å². The molecular weight excluding hydrogens is 186 g/mol. The van der Waals surface area contributed by atoms with Crippen LogP contribution in [0.5, 0.6) is 0 Å². The molecule has 1 aromatic rings. The summed E-state index contributed by atoms with van der Waals surface area (Å²) in [6, 6.07) is 0.329. The number of nitrogens with zero attached hydrogens (tertiary/aromatic N) is 2. The second kappa shape index (κ2) is 4.02. The maximum absolute atomic E-state index is 5.56. The topological polar surface area (TPSA) is 47.0 Å². The molecule has 0 saturated carbocycles. The van der Waals surface area contributed by atoms with E-state index in [0.717, 1.165) is 18.2 Å². The van der Waals surface area contributed by atoms with Gasteiger partial charge in [0.2, 0.25) is 5.13 Å². The van der Waals surface area contributed by atoms with E-state index in [0.29, 0.717) is 12.1 Å². The highest BCUT2D eigenvalue weighted by Gasteiger charge is 2.22. The smallest absolute Gasteiger partial charge is 0.205 e. The highest BCUT2D eigenvalue weighted by molar-refractivity contribution is 7.13. The van der Waals surface area contributed by atoms with E-state index in [9.17, 15) is 0 Å². The molecular formula is C8H13N3OS. The average molecular weight is 199 g/mol. The van der Waals surface area contributed by atoms with Crippen molar-refractivity contribution in [2.75, 3.05) is 11.9 Å². The molecule has 4 nitrogen and oxygen atoms in total. The molecule has 2 rings (SSSR count). The van der Waals surface area contributed by atoms with Crippen molar-refractivity contribution in [1.82, 2.24) is 10.2 Å². The second-order valence-electron chi connectivity index (χ2n) is 3.23. The maximum atomic E-state index is 5.56. The zero-order chi connectivity index (χ0) is 9.10. The van der Waals surface area contributed by atoms with Crippen molar-refractivity contribution in [1.29, 1.82) is 0 Å². The van der Waals surface area contributed by atoms with Gasteiger partial charge in [-0.3, -0.25) is 0 Å². The van der Waals surface area contributed by atoms with E-state index < -0.39 is 0 Å². The van der Waals surface area contributed by atoms with E-state index in [4.69, 9.17) is 4.74 Å². The molecule has 0 bridgehead atoms. The molecule has 0 amide bonds. The van der Waals surface area contributed by atoms with Crippen LogP contribution in [0.4, 0.5) is 5.13 Å². The summed E-state index contributed by atoms with van der Waals surface area (Å²) >= 11 is 1.52. The van der Waals surface area contributed by atoms with Gasteiger partial charge in [-0.25, -0.2) is 0 Å². The standard InChI is InChI=1S/C8H13N3OS/c1-6(7-3-2-4-12-7)10-8-11-9-5-13-8/h5-7H,2-4H2,1H3,(H,10,11). The van der Waals surface area contributed by atoms with Crippen molar-refractivity contribution in [3.63, 3.8) is 0 Å². The third kappa shape index (κ3) is 2.16. The highest BCUT2D eigenvalue weighted by atomic mass is 32.1. The first-order chi connectivity index (χ1) is 6.36. The quantitative estimate of drug-likeness (QED) is 0.801. The summed E-state index contributed by atoms with van der Waals surface area (Å²) in [5, 5.41) is 11.9. The van der Waals surface area contributed by atoms with E-state index in [-0.39, 0.29) is 0 Å². The van der Waals surface area contributed by atoms with Gasteiger partial charge in [0.15, 0.2) is 0 Å². The summed E-state index contributed by atoms with van der Waals surface area (Å²) in [7, 11) is 0. The SMILES string of the molecule is CC(Nc1nncs1)C1CCCO1. The second-order valence-corrected chi connectivity index (χ2v) is 4.06. The summed E-state index contributed by atoms with van der Waals surface area (Å²) in [5.41, 5.74) is 1.73. The number of anilines is 1. The molecule has 0 aromatic carbocycles. The molecule has 0 radical (unpaired) electrons. The Kier molecular flexibility index (Phi) is 2.75. The van der Waals surface area contributed by atoms with E-state index in [1.165, 1.54) is 17.8 Å². The molecule has 13 heavy (non-hydrogen) atoms. The van der Waals surface area contributed by atoms with Gasteiger partial charge in [-0.15, -0.1) is 10.2 Å². The molecule has 1 aliphatic rings. The molecule has 0 spiro atoms. The predicted octanol–water partition coefficient (Wildman–Crippen LogP) is 1.52. The zero-order valence-corrected chi connectivity index (χ0v) is 8.38. The number of rotatable bonds is 3. The lowest BCUT2D eigenvalue weighted by molar-refractivity contribution is 0.0996. The zero-order valence-electron chi connectivity index (χ0n) is 7.56. The van der Waals surface area contributed by atoms with Gasteiger partial charge in [0.05, 0.1) is 12.1 Å². The summed E-state index contributed by atoms with van der Waals surface area (Å²) in [6.07, 6.45) is 2.66. The van der Waals surface area contributed by atoms with Gasteiger partial charge >= 0.3 is 0 Å². The van der Waals surface area contributed by atoms with Gasteiger partial charge in [0, 0.05) is 6.61 Å². The molecule has 2 unspecified atom stereocenters. The molecule has 2 atom stereocenters. The van der Waals surface area contributed by atoms with E-state index in [1.807, 2.05) is 0 Å². The van der Waals surface area contributed by atoms with Gasteiger partial charge in [0.25, 0.3) is 0 Å². The number of hydrogen-bond donors (Lipinski definition) is 1. The summed E-state index contributed by atoms with van der Waals surface area (Å²) in [5.74, 6) is 0. The fourth-order valence-corrected chi connectivity index (χ4v) is 2.06. The van der Waals surface area contributed by atoms with Crippen molar-refractivity contribution in [3.8, 4) is 0 Å². The molecule has 1 aromatic heterocycles. The van der Waals surface area contributed by atoms with Crippen LogP contribution >= 0.6 is 11.3 Å². The molecule has 2 heterocycles. The molecule has 5 heteroatoms. The highest BCUT2D eigenvalue weighted by Crippen LogP contribution is 2.19. The minimum Gasteiger partial charge on any atom is -0.376 e. The van der Waals surface area contributed by atoms with Crippen molar-refractivity contribution in [2.24, 2.45) is 0 Å². The largest absolute Gasteiger partial charge is 0.376 e. The van der Waals surface area contributed by atoms with Crippen molar-refractivity contribution in [3.05, 3.63) is 5.51 Å². The number of ether oxygens (including phenoxy) is 1. The van der Waals surface area contributed by atoms with Crippen molar-refractivity contribution < 1.29 is 4.74 Å². The van der Waals surface area contributed by atoms with Crippen LogP contribution in [-0.4, -0.2) is 29.0 Å². The van der Waals surface area contributed by atoms with E-state index >= 15 is 0 Å². The maximum Gasteiger partial charge on any atom is 0.205 e. The Hall–Kier alpha value is -0.680. The van der Waals surface area contributed by atoms with Crippen LogP contribution in [0.25, 0.3) is 0 Å². The van der Waals surface area contributed by atoms with E-state index in [2.05, 4.69) is 22.4 Å². The summed E-state index contributed by atoms with van der Waals surface area (Å²) in [4.78, 5) is 0. The Balaban J connectivity index is 1.87. The summed E-state index contributed by atoms with van der Waals surface area (Å²) in [6.45, 7) is 3.02. The summed E-state index contributed by atoms with van der Waals surface area (Å²) < 4.78 is 5.56. The predicted molar refractivity (Wildman–Crippen MR) is 52.0 cm³/mol. The van der Waals surface area contributed by atoms with Crippen molar-refractivity contribution in [2.45, 2.75) is 31.9 Å². The number of nitrogens with one attached hydrogen (secondary N) is 1. The lowest BCUT2D eigenvalue weighted by Crippen LogP contribution is -2.29. The van der Waals surface area contributed by atoms with Crippen LogP contribution < -0.4 is 5.32 Å². The first-order valence-corrected chi connectivity index (χ1v) is 5.38. The fourth-order valence-electron chi connectivity index (χ4n) is 1.52. The molecule has 0 aliphatic carbocycles. The van der Waals surface area contributed by atoms with Crippen LogP contribution in [-0.2, 0) is 4.74 Å². The minimum atomic E-state index is 0.329. The first-order valence-electron chi connectivity index (χ1n) is 4.50. The molecule has 72 valence electrons. The van der Waals surface area contributed by atoms with Crippen LogP contribution in [0, 0.1) is 0 Å². The molecule has 1 N–H and O–H groups in total. The minimum absolute atomic E-state index is 0.329. The third-order valence-electron chi connectivity index (χ3n) is 2.23. The molecule has 1 fully saturated rings. The lowest BCUT2D eigenvalue weighted by Gasteiger charge is -2.18. The fraction of sp³-hybridized carbons (Fsp3) is 0.750. The molecule has 1 aliphatic heterocycles. The Morgan fingerprint density at radius 2 is 2.69 bits per heavy atom. The Morgan fingerprint density at radius 3 is 3.31 bits per heavy atom. The third-order valence-corrected chi connectivity index (χ3v) is 2.86. The Labute approximate surface area is 81.3 Å². The van der Waals surface area contributed by atoms with Gasteiger partial charge in [-0.2, -0.15) is 0 Å². The van der Waals surface area contributed by atoms with Gasteiger partial charge in [-0.05, 0) is 19.8 Å². The lowest BCUT2D eigenvalue weighted by atomic mass is 10.1. The number of hydrogen-bond acceptors (Lipinski definition) is 5.